The average molecular weight is 329 g/mol. The first kappa shape index (κ1) is 16.8. The van der Waals surface area contributed by atoms with Crippen molar-refractivity contribution in [2.75, 3.05) is 37.4 Å². The van der Waals surface area contributed by atoms with Crippen LogP contribution in [0.4, 0.5) is 11.8 Å². The minimum atomic E-state index is -0.369. The second-order valence-electron chi connectivity index (χ2n) is 5.12. The zero-order valence-corrected chi connectivity index (χ0v) is 13.4. The SMILES string of the molecule is CCOC(=O)Cc1c(Cl)nc(N)nc1NCC1CCOCC1. The quantitative estimate of drug-likeness (QED) is 0.605. The molecular weight excluding hydrogens is 308 g/mol. The van der Waals surface area contributed by atoms with Gasteiger partial charge in [0.25, 0.3) is 0 Å². The van der Waals surface area contributed by atoms with Crippen LogP contribution in [0.2, 0.25) is 5.15 Å². The molecule has 0 radical (unpaired) electrons. The van der Waals surface area contributed by atoms with Gasteiger partial charge in [-0.3, -0.25) is 4.79 Å². The van der Waals surface area contributed by atoms with E-state index in [1.165, 1.54) is 0 Å². The van der Waals surface area contributed by atoms with Crippen LogP contribution in [0.25, 0.3) is 0 Å². The Balaban J connectivity index is 2.08. The molecule has 2 rings (SSSR count). The number of carbonyl (C=O) groups excluding carboxylic acids is 1. The summed E-state index contributed by atoms with van der Waals surface area (Å²) in [5.74, 6) is 0.704. The third-order valence-electron chi connectivity index (χ3n) is 3.50. The highest BCUT2D eigenvalue weighted by atomic mass is 35.5. The van der Waals surface area contributed by atoms with Crippen LogP contribution in [0.3, 0.4) is 0 Å². The van der Waals surface area contributed by atoms with Crippen LogP contribution in [0, 0.1) is 5.92 Å². The summed E-state index contributed by atoms with van der Waals surface area (Å²) in [6.45, 7) is 4.34. The summed E-state index contributed by atoms with van der Waals surface area (Å²) in [6.07, 6.45) is 2.01. The zero-order chi connectivity index (χ0) is 15.9. The molecule has 8 heteroatoms. The molecule has 0 atom stereocenters. The summed E-state index contributed by atoms with van der Waals surface area (Å²) < 4.78 is 10.3. The average Bonchev–Trinajstić information content (AvgIpc) is 2.49. The largest absolute Gasteiger partial charge is 0.466 e. The fourth-order valence-electron chi connectivity index (χ4n) is 2.32. The molecule has 3 N–H and O–H groups in total. The second-order valence-corrected chi connectivity index (χ2v) is 5.48. The molecule has 0 spiro atoms. The van der Waals surface area contributed by atoms with Gasteiger partial charge >= 0.3 is 5.97 Å². The van der Waals surface area contributed by atoms with Crippen LogP contribution >= 0.6 is 11.6 Å². The van der Waals surface area contributed by atoms with E-state index in [0.717, 1.165) is 32.6 Å². The van der Waals surface area contributed by atoms with Crippen molar-refractivity contribution in [3.05, 3.63) is 10.7 Å². The van der Waals surface area contributed by atoms with Crippen LogP contribution in [0.1, 0.15) is 25.3 Å². The van der Waals surface area contributed by atoms with E-state index in [2.05, 4.69) is 15.3 Å². The monoisotopic (exact) mass is 328 g/mol. The minimum Gasteiger partial charge on any atom is -0.466 e. The molecule has 0 saturated carbocycles. The van der Waals surface area contributed by atoms with Gasteiger partial charge in [0.1, 0.15) is 11.0 Å². The molecule has 1 aromatic heterocycles. The molecule has 7 nitrogen and oxygen atoms in total. The topological polar surface area (TPSA) is 99.4 Å². The molecule has 0 unspecified atom stereocenters. The van der Waals surface area contributed by atoms with Crippen LogP contribution in [0.15, 0.2) is 0 Å². The van der Waals surface area contributed by atoms with E-state index < -0.39 is 0 Å². The van der Waals surface area contributed by atoms with Gasteiger partial charge in [0.05, 0.1) is 13.0 Å². The minimum absolute atomic E-state index is 0.0169. The Hall–Kier alpha value is -1.60. The molecule has 1 aliphatic heterocycles. The molecule has 1 fully saturated rings. The molecular formula is C14H21ClN4O3. The predicted octanol–water partition coefficient (Wildman–Crippen LogP) is 1.66. The van der Waals surface area contributed by atoms with Crippen molar-refractivity contribution in [1.29, 1.82) is 0 Å². The summed E-state index contributed by atoms with van der Waals surface area (Å²) in [7, 11) is 0. The van der Waals surface area contributed by atoms with Crippen LogP contribution < -0.4 is 11.1 Å². The van der Waals surface area contributed by atoms with Gasteiger partial charge in [-0.05, 0) is 25.7 Å². The lowest BCUT2D eigenvalue weighted by molar-refractivity contribution is -0.142. The lowest BCUT2D eigenvalue weighted by atomic mass is 10.0. The number of aromatic nitrogens is 2. The Morgan fingerprint density at radius 1 is 1.45 bits per heavy atom. The Kier molecular flexibility index (Phi) is 6.21. The lowest BCUT2D eigenvalue weighted by Crippen LogP contribution is -2.24. The number of hydrogen-bond donors (Lipinski definition) is 2. The molecule has 2 heterocycles. The van der Waals surface area contributed by atoms with Gasteiger partial charge in [-0.25, -0.2) is 4.98 Å². The van der Waals surface area contributed by atoms with Crippen molar-refractivity contribution >= 4 is 29.3 Å². The molecule has 0 aliphatic carbocycles. The van der Waals surface area contributed by atoms with E-state index in [1.54, 1.807) is 6.92 Å². The third kappa shape index (κ3) is 4.71. The fourth-order valence-corrected chi connectivity index (χ4v) is 2.57. The highest BCUT2D eigenvalue weighted by molar-refractivity contribution is 6.30. The number of nitrogens with zero attached hydrogens (tertiary/aromatic N) is 2. The predicted molar refractivity (Wildman–Crippen MR) is 83.8 cm³/mol. The molecule has 0 amide bonds. The number of nitrogens with two attached hydrogens (primary N) is 1. The summed E-state index contributed by atoms with van der Waals surface area (Å²) in [5, 5.41) is 3.41. The molecule has 0 bridgehead atoms. The third-order valence-corrected chi connectivity index (χ3v) is 3.81. The highest BCUT2D eigenvalue weighted by Gasteiger charge is 2.19. The van der Waals surface area contributed by atoms with Gasteiger partial charge in [0, 0.05) is 25.3 Å². The number of carbonyl (C=O) groups is 1. The van der Waals surface area contributed by atoms with Gasteiger partial charge in [0.2, 0.25) is 5.95 Å². The van der Waals surface area contributed by atoms with Crippen LogP contribution in [-0.4, -0.2) is 42.3 Å². The number of nitrogens with one attached hydrogen (secondary N) is 1. The Morgan fingerprint density at radius 2 is 2.18 bits per heavy atom. The van der Waals surface area contributed by atoms with Crippen molar-refractivity contribution in [2.24, 2.45) is 5.92 Å². The number of ether oxygens (including phenoxy) is 2. The van der Waals surface area contributed by atoms with Crippen molar-refractivity contribution in [2.45, 2.75) is 26.2 Å². The van der Waals surface area contributed by atoms with E-state index in [-0.39, 0.29) is 23.5 Å². The number of rotatable bonds is 6. The Labute approximate surface area is 134 Å². The number of nitrogen functional groups attached to an aromatic ring is 1. The van der Waals surface area contributed by atoms with Crippen molar-refractivity contribution in [3.8, 4) is 0 Å². The van der Waals surface area contributed by atoms with Gasteiger partial charge in [-0.15, -0.1) is 0 Å². The maximum Gasteiger partial charge on any atom is 0.310 e. The van der Waals surface area contributed by atoms with E-state index in [9.17, 15) is 4.79 Å². The molecule has 0 aromatic carbocycles. The van der Waals surface area contributed by atoms with E-state index in [1.807, 2.05) is 0 Å². The van der Waals surface area contributed by atoms with Gasteiger partial charge in [0.15, 0.2) is 0 Å². The Bertz CT molecular complexity index is 521. The van der Waals surface area contributed by atoms with Crippen molar-refractivity contribution in [3.63, 3.8) is 0 Å². The smallest absolute Gasteiger partial charge is 0.310 e. The first-order chi connectivity index (χ1) is 10.6. The summed E-state index contributed by atoms with van der Waals surface area (Å²) in [5.41, 5.74) is 6.16. The van der Waals surface area contributed by atoms with E-state index in [0.29, 0.717) is 23.9 Å². The van der Waals surface area contributed by atoms with Crippen LogP contribution in [0.5, 0.6) is 0 Å². The number of hydrogen-bond acceptors (Lipinski definition) is 7. The van der Waals surface area contributed by atoms with Gasteiger partial charge in [-0.2, -0.15) is 4.98 Å². The van der Waals surface area contributed by atoms with E-state index >= 15 is 0 Å². The highest BCUT2D eigenvalue weighted by Crippen LogP contribution is 2.24. The number of esters is 1. The van der Waals surface area contributed by atoms with Crippen molar-refractivity contribution in [1.82, 2.24) is 9.97 Å². The summed E-state index contributed by atoms with van der Waals surface area (Å²) in [4.78, 5) is 19.8. The molecule has 1 aliphatic rings. The normalized spacial score (nSPS) is 15.5. The maximum atomic E-state index is 11.7. The van der Waals surface area contributed by atoms with Gasteiger partial charge < -0.3 is 20.5 Å². The standard InChI is InChI=1S/C14H21ClN4O3/c1-2-22-11(20)7-10-12(15)18-14(16)19-13(10)17-8-9-3-5-21-6-4-9/h9H,2-8H2,1H3,(H3,16,17,18,19). The van der Waals surface area contributed by atoms with E-state index in [4.69, 9.17) is 26.8 Å². The van der Waals surface area contributed by atoms with Gasteiger partial charge in [-0.1, -0.05) is 11.6 Å². The molecule has 22 heavy (non-hydrogen) atoms. The zero-order valence-electron chi connectivity index (χ0n) is 12.6. The van der Waals surface area contributed by atoms with Crippen LogP contribution in [-0.2, 0) is 20.7 Å². The Morgan fingerprint density at radius 3 is 2.86 bits per heavy atom. The second kappa shape index (κ2) is 8.14. The maximum absolute atomic E-state index is 11.7. The first-order valence-corrected chi connectivity index (χ1v) is 7.77. The number of halogens is 1. The molecule has 1 aromatic rings. The molecule has 1 saturated heterocycles. The number of anilines is 2. The summed E-state index contributed by atoms with van der Waals surface area (Å²) in [6, 6.07) is 0. The summed E-state index contributed by atoms with van der Waals surface area (Å²) >= 11 is 6.10. The fraction of sp³-hybridized carbons (Fsp3) is 0.643. The lowest BCUT2D eigenvalue weighted by Gasteiger charge is -2.23. The van der Waals surface area contributed by atoms with Crippen molar-refractivity contribution < 1.29 is 14.3 Å². The first-order valence-electron chi connectivity index (χ1n) is 7.39. The molecule has 122 valence electrons.